The van der Waals surface area contributed by atoms with Gasteiger partial charge in [0.2, 0.25) is 0 Å². The molecule has 2 heterocycles. The number of fused-ring (bicyclic) bond motifs is 1. The predicted octanol–water partition coefficient (Wildman–Crippen LogP) is 4.08. The van der Waals surface area contributed by atoms with Gasteiger partial charge in [0, 0.05) is 12.0 Å². The van der Waals surface area contributed by atoms with Crippen molar-refractivity contribution in [3.05, 3.63) is 40.3 Å². The molecule has 104 valence electrons. The van der Waals surface area contributed by atoms with E-state index >= 15 is 0 Å². The van der Waals surface area contributed by atoms with Crippen LogP contribution in [0.25, 0.3) is 11.3 Å². The van der Waals surface area contributed by atoms with E-state index in [2.05, 4.69) is 35.1 Å². The quantitative estimate of drug-likeness (QED) is 0.864. The molecule has 0 unspecified atom stereocenters. The van der Waals surface area contributed by atoms with Crippen LogP contribution in [0, 0.1) is 4.64 Å². The number of rotatable bonds is 3. The van der Waals surface area contributed by atoms with E-state index in [0.717, 1.165) is 55.1 Å². The number of aryl methyl sites for hydroxylation is 2. The lowest BCUT2D eigenvalue weighted by molar-refractivity contribution is 0.289. The number of aromatic amines is 1. The normalized spacial score (nSPS) is 13.7. The van der Waals surface area contributed by atoms with Crippen LogP contribution < -0.4 is 4.74 Å². The number of H-pyrrole nitrogens is 1. The van der Waals surface area contributed by atoms with E-state index in [4.69, 9.17) is 17.0 Å². The van der Waals surface area contributed by atoms with Crippen LogP contribution in [-0.4, -0.2) is 16.6 Å². The van der Waals surface area contributed by atoms with Gasteiger partial charge in [-0.2, -0.15) is 0 Å². The number of aromatic nitrogens is 2. The van der Waals surface area contributed by atoms with E-state index in [1.165, 1.54) is 5.56 Å². The molecule has 2 aromatic rings. The van der Waals surface area contributed by atoms with E-state index in [-0.39, 0.29) is 0 Å². The molecule has 20 heavy (non-hydrogen) atoms. The number of benzene rings is 1. The zero-order valence-corrected chi connectivity index (χ0v) is 12.4. The van der Waals surface area contributed by atoms with Crippen molar-refractivity contribution in [1.82, 2.24) is 9.97 Å². The minimum atomic E-state index is 0.635. The van der Waals surface area contributed by atoms with Crippen LogP contribution in [0.4, 0.5) is 0 Å². The van der Waals surface area contributed by atoms with Crippen molar-refractivity contribution in [3.8, 4) is 17.0 Å². The molecule has 0 radical (unpaired) electrons. The second-order valence-corrected chi connectivity index (χ2v) is 5.49. The van der Waals surface area contributed by atoms with E-state index in [0.29, 0.717) is 4.64 Å². The Balaban J connectivity index is 2.11. The summed E-state index contributed by atoms with van der Waals surface area (Å²) < 4.78 is 6.51. The van der Waals surface area contributed by atoms with Crippen molar-refractivity contribution >= 4 is 12.2 Å². The number of hydrogen-bond acceptors (Lipinski definition) is 3. The van der Waals surface area contributed by atoms with Gasteiger partial charge in [0.25, 0.3) is 0 Å². The first-order chi connectivity index (χ1) is 9.78. The second kappa shape index (κ2) is 5.75. The third kappa shape index (κ3) is 2.61. The summed E-state index contributed by atoms with van der Waals surface area (Å²) in [5.41, 5.74) is 3.38. The van der Waals surface area contributed by atoms with E-state index in [9.17, 15) is 0 Å². The average Bonchev–Trinajstić information content (AvgIpc) is 2.46. The number of hydrogen-bond donors (Lipinski definition) is 1. The first-order valence-electron chi connectivity index (χ1n) is 7.13. The molecule has 0 saturated carbocycles. The topological polar surface area (TPSA) is 37.9 Å². The Morgan fingerprint density at radius 3 is 3.15 bits per heavy atom. The summed E-state index contributed by atoms with van der Waals surface area (Å²) in [6.45, 7) is 2.93. The van der Waals surface area contributed by atoms with Crippen LogP contribution in [0.1, 0.15) is 31.2 Å². The molecule has 0 aliphatic carbocycles. The second-order valence-electron chi connectivity index (χ2n) is 5.08. The molecule has 1 aliphatic heterocycles. The summed E-state index contributed by atoms with van der Waals surface area (Å²) >= 11 is 5.28. The monoisotopic (exact) mass is 286 g/mol. The van der Waals surface area contributed by atoms with Gasteiger partial charge in [-0.05, 0) is 37.0 Å². The van der Waals surface area contributed by atoms with Crippen molar-refractivity contribution in [3.63, 3.8) is 0 Å². The highest BCUT2D eigenvalue weighted by atomic mass is 32.1. The van der Waals surface area contributed by atoms with E-state index in [1.807, 2.05) is 6.07 Å². The van der Waals surface area contributed by atoms with Gasteiger partial charge in [0.1, 0.15) is 16.2 Å². The molecule has 0 bridgehead atoms. The van der Waals surface area contributed by atoms with Gasteiger partial charge in [-0.15, -0.1) is 0 Å². The molecular formula is C16H18N2OS. The zero-order chi connectivity index (χ0) is 13.9. The Morgan fingerprint density at radius 1 is 1.40 bits per heavy atom. The molecule has 1 aromatic heterocycles. The third-order valence-corrected chi connectivity index (χ3v) is 3.71. The largest absolute Gasteiger partial charge is 0.493 e. The summed E-state index contributed by atoms with van der Waals surface area (Å²) in [6, 6.07) is 8.23. The predicted molar refractivity (Wildman–Crippen MR) is 82.7 cm³/mol. The van der Waals surface area contributed by atoms with Crippen molar-refractivity contribution in [1.29, 1.82) is 0 Å². The highest BCUT2D eigenvalue weighted by Gasteiger charge is 2.16. The summed E-state index contributed by atoms with van der Waals surface area (Å²) in [5, 5.41) is 0. The minimum Gasteiger partial charge on any atom is -0.493 e. The standard InChI is InChI=1S/C16H18N2OS/c1-2-5-14-17-13(10-15(20)18-14)12-8-3-6-11-7-4-9-19-16(11)12/h3,6,8,10H,2,4-5,7,9H2,1H3,(H,17,18,20). The van der Waals surface area contributed by atoms with Gasteiger partial charge in [-0.1, -0.05) is 31.3 Å². The van der Waals surface area contributed by atoms with Gasteiger partial charge in [0.15, 0.2) is 0 Å². The number of ether oxygens (including phenoxy) is 1. The Hall–Kier alpha value is -1.68. The van der Waals surface area contributed by atoms with Crippen LogP contribution in [0.2, 0.25) is 0 Å². The van der Waals surface area contributed by atoms with E-state index in [1.54, 1.807) is 0 Å². The zero-order valence-electron chi connectivity index (χ0n) is 11.6. The van der Waals surface area contributed by atoms with Crippen molar-refractivity contribution in [2.45, 2.75) is 32.6 Å². The fraction of sp³-hybridized carbons (Fsp3) is 0.375. The molecular weight excluding hydrogens is 268 g/mol. The Morgan fingerprint density at radius 2 is 2.30 bits per heavy atom. The van der Waals surface area contributed by atoms with Gasteiger partial charge >= 0.3 is 0 Å². The maximum atomic E-state index is 5.87. The first-order valence-corrected chi connectivity index (χ1v) is 7.54. The summed E-state index contributed by atoms with van der Waals surface area (Å²) in [4.78, 5) is 7.77. The number of nitrogens with zero attached hydrogens (tertiary/aromatic N) is 1. The van der Waals surface area contributed by atoms with Crippen LogP contribution >= 0.6 is 12.2 Å². The van der Waals surface area contributed by atoms with Gasteiger partial charge in [-0.3, -0.25) is 0 Å². The van der Waals surface area contributed by atoms with Crippen molar-refractivity contribution in [2.24, 2.45) is 0 Å². The Bertz CT molecular complexity index is 678. The number of nitrogens with one attached hydrogen (secondary N) is 1. The molecule has 0 amide bonds. The highest BCUT2D eigenvalue weighted by Crippen LogP contribution is 2.35. The fourth-order valence-electron chi connectivity index (χ4n) is 2.61. The van der Waals surface area contributed by atoms with Crippen LogP contribution in [0.5, 0.6) is 5.75 Å². The molecule has 0 spiro atoms. The lowest BCUT2D eigenvalue weighted by Crippen LogP contribution is -2.09. The Kier molecular flexibility index (Phi) is 3.83. The molecule has 0 saturated heterocycles. The molecule has 1 N–H and O–H groups in total. The smallest absolute Gasteiger partial charge is 0.131 e. The number of para-hydroxylation sites is 1. The summed E-state index contributed by atoms with van der Waals surface area (Å²) in [6.07, 6.45) is 4.12. The fourth-order valence-corrected chi connectivity index (χ4v) is 2.84. The van der Waals surface area contributed by atoms with Gasteiger partial charge in [0.05, 0.1) is 12.3 Å². The van der Waals surface area contributed by atoms with Crippen LogP contribution in [-0.2, 0) is 12.8 Å². The SMILES string of the molecule is CCCc1nc(=S)cc(-c2cccc3c2OCCC3)[nH]1. The van der Waals surface area contributed by atoms with Crippen LogP contribution in [0.3, 0.4) is 0 Å². The highest BCUT2D eigenvalue weighted by molar-refractivity contribution is 7.71. The van der Waals surface area contributed by atoms with E-state index < -0.39 is 0 Å². The van der Waals surface area contributed by atoms with Gasteiger partial charge < -0.3 is 9.72 Å². The van der Waals surface area contributed by atoms with Crippen LogP contribution in [0.15, 0.2) is 24.3 Å². The Labute approximate surface area is 124 Å². The summed E-state index contributed by atoms with van der Waals surface area (Å²) in [7, 11) is 0. The molecule has 1 aliphatic rings. The molecule has 3 nitrogen and oxygen atoms in total. The molecule has 0 fully saturated rings. The molecule has 3 rings (SSSR count). The maximum absolute atomic E-state index is 5.87. The minimum absolute atomic E-state index is 0.635. The van der Waals surface area contributed by atoms with Crippen molar-refractivity contribution < 1.29 is 4.74 Å². The molecule has 0 atom stereocenters. The summed E-state index contributed by atoms with van der Waals surface area (Å²) in [5.74, 6) is 1.95. The lowest BCUT2D eigenvalue weighted by Gasteiger charge is -2.20. The third-order valence-electron chi connectivity index (χ3n) is 3.50. The molecule has 4 heteroatoms. The maximum Gasteiger partial charge on any atom is 0.131 e. The molecule has 1 aromatic carbocycles. The van der Waals surface area contributed by atoms with Crippen molar-refractivity contribution in [2.75, 3.05) is 6.61 Å². The average molecular weight is 286 g/mol. The first kappa shape index (κ1) is 13.3. The lowest BCUT2D eigenvalue weighted by atomic mass is 10.0. The van der Waals surface area contributed by atoms with Gasteiger partial charge in [-0.25, -0.2) is 4.98 Å².